The van der Waals surface area contributed by atoms with Crippen molar-refractivity contribution < 1.29 is 19.5 Å². The first-order chi connectivity index (χ1) is 9.31. The average Bonchev–Trinajstić information content (AvgIpc) is 2.36. The largest absolute Gasteiger partial charge is 0.480 e. The third-order valence-electron chi connectivity index (χ3n) is 2.69. The lowest BCUT2D eigenvalue weighted by Crippen LogP contribution is -2.48. The van der Waals surface area contributed by atoms with Gasteiger partial charge in [0.1, 0.15) is 6.04 Å². The van der Waals surface area contributed by atoms with Crippen LogP contribution in [0.1, 0.15) is 12.0 Å². The molecule has 1 atom stereocenters. The molecule has 3 amide bonds. The molecular formula is C13H17N3O4. The Kier molecular flexibility index (Phi) is 5.08. The Morgan fingerprint density at radius 1 is 1.40 bits per heavy atom. The van der Waals surface area contributed by atoms with Crippen molar-refractivity contribution in [1.29, 1.82) is 0 Å². The molecule has 0 aromatic heterocycles. The minimum Gasteiger partial charge on any atom is -0.480 e. The molecule has 20 heavy (non-hydrogen) atoms. The number of nitrogens with two attached hydrogens (primary N) is 1. The van der Waals surface area contributed by atoms with Crippen LogP contribution in [0.5, 0.6) is 0 Å². The summed E-state index contributed by atoms with van der Waals surface area (Å²) < 4.78 is 0. The fourth-order valence-electron chi connectivity index (χ4n) is 1.60. The predicted octanol–water partition coefficient (Wildman–Crippen LogP) is 0.469. The zero-order valence-electron chi connectivity index (χ0n) is 11.3. The van der Waals surface area contributed by atoms with Crippen molar-refractivity contribution in [3.63, 3.8) is 0 Å². The molecule has 0 unspecified atom stereocenters. The Labute approximate surface area is 116 Å². The molecule has 0 bridgehead atoms. The van der Waals surface area contributed by atoms with E-state index in [1.165, 1.54) is 11.9 Å². The normalized spacial score (nSPS) is 11.5. The number of urea groups is 1. The first-order valence-electron chi connectivity index (χ1n) is 5.93. The molecule has 1 aromatic carbocycles. The second-order valence-electron chi connectivity index (χ2n) is 4.41. The summed E-state index contributed by atoms with van der Waals surface area (Å²) in [5.74, 6) is -2.11. The van der Waals surface area contributed by atoms with E-state index in [4.69, 9.17) is 10.8 Å². The molecule has 0 saturated heterocycles. The molecule has 7 nitrogen and oxygen atoms in total. The molecular weight excluding hydrogens is 262 g/mol. The minimum absolute atomic E-state index is 0.456. The van der Waals surface area contributed by atoms with Gasteiger partial charge < -0.3 is 16.2 Å². The Morgan fingerprint density at radius 2 is 2.05 bits per heavy atom. The van der Waals surface area contributed by atoms with Crippen LogP contribution in [0.15, 0.2) is 24.3 Å². The smallest absolute Gasteiger partial charge is 0.326 e. The topological polar surface area (TPSA) is 113 Å². The number of nitrogens with one attached hydrogen (secondary N) is 1. The maximum atomic E-state index is 12.0. The van der Waals surface area contributed by atoms with E-state index in [9.17, 15) is 14.4 Å². The van der Waals surface area contributed by atoms with Gasteiger partial charge >= 0.3 is 12.0 Å². The molecule has 0 saturated carbocycles. The summed E-state index contributed by atoms with van der Waals surface area (Å²) in [6, 6.07) is 5.20. The van der Waals surface area contributed by atoms with Crippen LogP contribution in [0.2, 0.25) is 0 Å². The number of carboxylic acids is 1. The lowest BCUT2D eigenvalue weighted by molar-refractivity contribution is -0.140. The summed E-state index contributed by atoms with van der Waals surface area (Å²) in [6.45, 7) is 1.88. The summed E-state index contributed by atoms with van der Waals surface area (Å²) in [4.78, 5) is 34.9. The second kappa shape index (κ2) is 6.55. The van der Waals surface area contributed by atoms with E-state index in [0.717, 1.165) is 5.56 Å². The molecule has 0 aliphatic heterocycles. The van der Waals surface area contributed by atoms with Crippen molar-refractivity contribution in [2.45, 2.75) is 19.4 Å². The predicted molar refractivity (Wildman–Crippen MR) is 73.3 cm³/mol. The van der Waals surface area contributed by atoms with Gasteiger partial charge in [0.15, 0.2) is 0 Å². The number of nitrogens with zero attached hydrogens (tertiary/aromatic N) is 1. The first-order valence-corrected chi connectivity index (χ1v) is 5.93. The van der Waals surface area contributed by atoms with Crippen molar-refractivity contribution >= 4 is 23.6 Å². The molecule has 0 fully saturated rings. The summed E-state index contributed by atoms with van der Waals surface area (Å²) in [5, 5.41) is 11.2. The van der Waals surface area contributed by atoms with Crippen LogP contribution in [0.4, 0.5) is 10.5 Å². The lowest BCUT2D eigenvalue weighted by atomic mass is 10.2. The number of carbonyl (C=O) groups is 3. The van der Waals surface area contributed by atoms with Gasteiger partial charge in [-0.05, 0) is 24.6 Å². The number of anilines is 1. The van der Waals surface area contributed by atoms with Crippen LogP contribution in [0, 0.1) is 6.92 Å². The van der Waals surface area contributed by atoms with E-state index in [2.05, 4.69) is 5.32 Å². The highest BCUT2D eigenvalue weighted by Crippen LogP contribution is 2.14. The van der Waals surface area contributed by atoms with E-state index in [1.54, 1.807) is 18.2 Å². The third-order valence-corrected chi connectivity index (χ3v) is 2.69. The van der Waals surface area contributed by atoms with Crippen LogP contribution in [-0.2, 0) is 9.59 Å². The van der Waals surface area contributed by atoms with E-state index < -0.39 is 30.4 Å². The molecule has 0 radical (unpaired) electrons. The van der Waals surface area contributed by atoms with Gasteiger partial charge in [-0.3, -0.25) is 9.69 Å². The Morgan fingerprint density at radius 3 is 2.55 bits per heavy atom. The SMILES string of the molecule is Cc1cccc(N(C)C(=O)N[C@@H](CC(N)=O)C(=O)O)c1. The molecule has 0 aliphatic carbocycles. The van der Waals surface area contributed by atoms with E-state index in [-0.39, 0.29) is 0 Å². The number of hydrogen-bond acceptors (Lipinski definition) is 3. The molecule has 4 N–H and O–H groups in total. The molecule has 7 heteroatoms. The molecule has 0 aliphatic rings. The van der Waals surface area contributed by atoms with Gasteiger partial charge in [0, 0.05) is 12.7 Å². The van der Waals surface area contributed by atoms with Crippen molar-refractivity contribution in [1.82, 2.24) is 5.32 Å². The number of hydrogen-bond donors (Lipinski definition) is 3. The number of amides is 3. The number of carbonyl (C=O) groups excluding carboxylic acids is 2. The van der Waals surface area contributed by atoms with Crippen molar-refractivity contribution in [3.05, 3.63) is 29.8 Å². The number of primary amides is 1. The Bertz CT molecular complexity index is 530. The van der Waals surface area contributed by atoms with Gasteiger partial charge in [-0.15, -0.1) is 0 Å². The van der Waals surface area contributed by atoms with Gasteiger partial charge in [-0.25, -0.2) is 9.59 Å². The highest BCUT2D eigenvalue weighted by Gasteiger charge is 2.24. The van der Waals surface area contributed by atoms with E-state index >= 15 is 0 Å². The Hall–Kier alpha value is -2.57. The van der Waals surface area contributed by atoms with Crippen LogP contribution in [-0.4, -0.2) is 36.1 Å². The second-order valence-corrected chi connectivity index (χ2v) is 4.41. The standard InChI is InChI=1S/C13H17N3O4/c1-8-4-3-5-9(6-8)16(2)13(20)15-10(12(18)19)7-11(14)17/h3-6,10H,7H2,1-2H3,(H2,14,17)(H,15,20)(H,18,19)/t10-/m0/s1. The van der Waals surface area contributed by atoms with E-state index in [1.807, 2.05) is 13.0 Å². The highest BCUT2D eigenvalue weighted by molar-refractivity contribution is 5.95. The minimum atomic E-state index is -1.34. The summed E-state index contributed by atoms with van der Waals surface area (Å²) in [7, 11) is 1.51. The number of benzene rings is 1. The fraction of sp³-hybridized carbons (Fsp3) is 0.308. The van der Waals surface area contributed by atoms with Crippen LogP contribution < -0.4 is 16.0 Å². The summed E-state index contributed by atoms with van der Waals surface area (Å²) in [5.41, 5.74) is 6.53. The molecule has 1 aromatic rings. The molecule has 0 heterocycles. The molecule has 1 rings (SSSR count). The highest BCUT2D eigenvalue weighted by atomic mass is 16.4. The van der Waals surface area contributed by atoms with Crippen molar-refractivity contribution in [2.75, 3.05) is 11.9 Å². The summed E-state index contributed by atoms with van der Waals surface area (Å²) >= 11 is 0. The van der Waals surface area contributed by atoms with Gasteiger partial charge in [0.05, 0.1) is 6.42 Å². The molecule has 108 valence electrons. The maximum absolute atomic E-state index is 12.0. The van der Waals surface area contributed by atoms with Crippen molar-refractivity contribution in [2.24, 2.45) is 5.73 Å². The zero-order chi connectivity index (χ0) is 15.3. The van der Waals surface area contributed by atoms with Gasteiger partial charge in [-0.2, -0.15) is 0 Å². The van der Waals surface area contributed by atoms with Gasteiger partial charge in [0.25, 0.3) is 0 Å². The monoisotopic (exact) mass is 279 g/mol. The van der Waals surface area contributed by atoms with Crippen LogP contribution >= 0.6 is 0 Å². The number of carboxylic acid groups (broad SMARTS) is 1. The number of rotatable bonds is 5. The Balaban J connectivity index is 2.78. The third kappa shape index (κ3) is 4.27. The maximum Gasteiger partial charge on any atom is 0.326 e. The summed E-state index contributed by atoms with van der Waals surface area (Å²) in [6.07, 6.45) is -0.456. The number of aryl methyl sites for hydroxylation is 1. The number of aliphatic carboxylic acids is 1. The first kappa shape index (κ1) is 15.5. The lowest BCUT2D eigenvalue weighted by Gasteiger charge is -2.21. The van der Waals surface area contributed by atoms with Crippen molar-refractivity contribution in [3.8, 4) is 0 Å². The average molecular weight is 279 g/mol. The van der Waals surface area contributed by atoms with E-state index in [0.29, 0.717) is 5.69 Å². The van der Waals surface area contributed by atoms with Crippen LogP contribution in [0.3, 0.4) is 0 Å². The zero-order valence-corrected chi connectivity index (χ0v) is 11.3. The molecule has 0 spiro atoms. The van der Waals surface area contributed by atoms with Gasteiger partial charge in [-0.1, -0.05) is 12.1 Å². The quantitative estimate of drug-likeness (QED) is 0.727. The fourth-order valence-corrected chi connectivity index (χ4v) is 1.60. The van der Waals surface area contributed by atoms with Crippen LogP contribution in [0.25, 0.3) is 0 Å². The van der Waals surface area contributed by atoms with Gasteiger partial charge in [0.2, 0.25) is 5.91 Å².